The van der Waals surface area contributed by atoms with Gasteiger partial charge in [0.2, 0.25) is 0 Å². The largest absolute Gasteiger partial charge is 0.368 e. The zero-order chi connectivity index (χ0) is 21.6. The number of anilines is 2. The second-order valence-corrected chi connectivity index (χ2v) is 8.03. The molecule has 1 saturated carbocycles. The van der Waals surface area contributed by atoms with Gasteiger partial charge >= 0.3 is 0 Å². The Morgan fingerprint density at radius 2 is 1.65 bits per heavy atom. The third-order valence-corrected chi connectivity index (χ3v) is 5.72. The molecular weight excluding hydrogens is 394 g/mol. The quantitative estimate of drug-likeness (QED) is 0.662. The van der Waals surface area contributed by atoms with Crippen molar-refractivity contribution in [3.63, 3.8) is 0 Å². The van der Waals surface area contributed by atoms with Crippen LogP contribution in [-0.4, -0.2) is 36.5 Å². The Hall–Kier alpha value is -3.19. The van der Waals surface area contributed by atoms with Crippen LogP contribution in [0.5, 0.6) is 0 Å². The molecule has 2 aromatic rings. The molecule has 31 heavy (non-hydrogen) atoms. The van der Waals surface area contributed by atoms with E-state index in [0.717, 1.165) is 32.1 Å². The zero-order valence-electron chi connectivity index (χ0n) is 17.4. The highest BCUT2D eigenvalue weighted by molar-refractivity contribution is 6.09. The zero-order valence-corrected chi connectivity index (χ0v) is 17.4. The molecule has 7 nitrogen and oxygen atoms in total. The molecule has 1 aliphatic carbocycles. The van der Waals surface area contributed by atoms with Gasteiger partial charge in [-0.2, -0.15) is 0 Å². The molecule has 1 heterocycles. The van der Waals surface area contributed by atoms with E-state index >= 15 is 0 Å². The third kappa shape index (κ3) is 5.30. The third-order valence-electron chi connectivity index (χ3n) is 5.72. The van der Waals surface area contributed by atoms with Crippen molar-refractivity contribution < 1.29 is 19.1 Å². The molecule has 1 aliphatic heterocycles. The predicted molar refractivity (Wildman–Crippen MR) is 118 cm³/mol. The minimum absolute atomic E-state index is 0.180. The molecule has 0 aromatic heterocycles. The summed E-state index contributed by atoms with van der Waals surface area (Å²) in [5, 5.41) is 8.69. The summed E-state index contributed by atoms with van der Waals surface area (Å²) in [6, 6.07) is 13.9. The van der Waals surface area contributed by atoms with E-state index in [-0.39, 0.29) is 23.8 Å². The number of rotatable bonds is 6. The number of nitrogens with one attached hydrogen (secondary N) is 3. The minimum Gasteiger partial charge on any atom is -0.368 e. The molecule has 162 valence electrons. The van der Waals surface area contributed by atoms with E-state index in [1.807, 2.05) is 0 Å². The first-order chi connectivity index (χ1) is 15.1. The molecule has 2 aliphatic rings. The van der Waals surface area contributed by atoms with Crippen molar-refractivity contribution in [2.45, 2.75) is 50.7 Å². The lowest BCUT2D eigenvalue weighted by Crippen LogP contribution is -2.33. The van der Waals surface area contributed by atoms with Crippen LogP contribution in [0.3, 0.4) is 0 Å². The Morgan fingerprint density at radius 3 is 2.42 bits per heavy atom. The summed E-state index contributed by atoms with van der Waals surface area (Å²) >= 11 is 0. The van der Waals surface area contributed by atoms with Gasteiger partial charge in [-0.05, 0) is 56.0 Å². The topological polar surface area (TPSA) is 96.5 Å². The maximum Gasteiger partial charge on any atom is 0.255 e. The maximum absolute atomic E-state index is 12.8. The summed E-state index contributed by atoms with van der Waals surface area (Å²) in [6.07, 6.45) is 5.37. The van der Waals surface area contributed by atoms with Crippen LogP contribution in [-0.2, 0) is 9.53 Å². The average molecular weight is 421 g/mol. The van der Waals surface area contributed by atoms with Gasteiger partial charge in [0.1, 0.15) is 6.10 Å². The normalized spacial score (nSPS) is 18.5. The van der Waals surface area contributed by atoms with Crippen molar-refractivity contribution in [1.29, 1.82) is 0 Å². The Balaban J connectivity index is 1.43. The molecule has 7 heteroatoms. The number of amides is 3. The van der Waals surface area contributed by atoms with Crippen molar-refractivity contribution in [3.05, 3.63) is 59.7 Å². The average Bonchev–Trinajstić information content (AvgIpc) is 3.49. The number of carbonyl (C=O) groups excluding carboxylic acids is 3. The summed E-state index contributed by atoms with van der Waals surface area (Å²) < 4.78 is 5.40. The molecule has 4 rings (SSSR count). The maximum atomic E-state index is 12.8. The van der Waals surface area contributed by atoms with Crippen molar-refractivity contribution >= 4 is 29.1 Å². The van der Waals surface area contributed by atoms with E-state index in [1.54, 1.807) is 48.5 Å². The molecule has 3 N–H and O–H groups in total. The molecule has 0 bridgehead atoms. The second-order valence-electron chi connectivity index (χ2n) is 8.03. The van der Waals surface area contributed by atoms with E-state index in [4.69, 9.17) is 4.74 Å². The van der Waals surface area contributed by atoms with Crippen LogP contribution < -0.4 is 16.0 Å². The molecule has 2 aromatic carbocycles. The fraction of sp³-hybridized carbons (Fsp3) is 0.375. The van der Waals surface area contributed by atoms with Crippen LogP contribution in [0.4, 0.5) is 11.4 Å². The van der Waals surface area contributed by atoms with Gasteiger partial charge in [0.05, 0.1) is 11.3 Å². The highest BCUT2D eigenvalue weighted by Crippen LogP contribution is 2.22. The van der Waals surface area contributed by atoms with Crippen LogP contribution >= 0.6 is 0 Å². The van der Waals surface area contributed by atoms with Gasteiger partial charge in [-0.1, -0.05) is 31.0 Å². The van der Waals surface area contributed by atoms with Gasteiger partial charge in [-0.25, -0.2) is 0 Å². The summed E-state index contributed by atoms with van der Waals surface area (Å²) in [4.78, 5) is 37.8. The molecular formula is C24H27N3O4. The highest BCUT2D eigenvalue weighted by atomic mass is 16.5. The highest BCUT2D eigenvalue weighted by Gasteiger charge is 2.24. The smallest absolute Gasteiger partial charge is 0.255 e. The summed E-state index contributed by atoms with van der Waals surface area (Å²) in [7, 11) is 0. The number of benzene rings is 2. The lowest BCUT2D eigenvalue weighted by Gasteiger charge is -2.15. The monoisotopic (exact) mass is 421 g/mol. The fourth-order valence-electron chi connectivity index (χ4n) is 4.06. The second kappa shape index (κ2) is 9.75. The number of para-hydroxylation sites is 1. The molecule has 3 amide bonds. The van der Waals surface area contributed by atoms with Crippen LogP contribution in [0, 0.1) is 0 Å². The lowest BCUT2D eigenvalue weighted by atomic mass is 10.1. The number of ether oxygens (including phenoxy) is 1. The number of hydrogen-bond acceptors (Lipinski definition) is 4. The molecule has 2 fully saturated rings. The number of hydrogen-bond donors (Lipinski definition) is 3. The Morgan fingerprint density at radius 1 is 0.839 bits per heavy atom. The van der Waals surface area contributed by atoms with Crippen LogP contribution in [0.25, 0.3) is 0 Å². The van der Waals surface area contributed by atoms with E-state index in [1.165, 1.54) is 0 Å². The van der Waals surface area contributed by atoms with Gasteiger partial charge < -0.3 is 20.7 Å². The first-order valence-corrected chi connectivity index (χ1v) is 10.8. The Labute approximate surface area is 181 Å². The Kier molecular flexibility index (Phi) is 6.62. The first-order valence-electron chi connectivity index (χ1n) is 10.8. The van der Waals surface area contributed by atoms with Gasteiger partial charge in [0.25, 0.3) is 17.7 Å². The van der Waals surface area contributed by atoms with Gasteiger partial charge in [-0.3, -0.25) is 14.4 Å². The SMILES string of the molecule is O=C(Nc1ccccc1C(=O)NC1CCCC1)c1cccc(NC(=O)C2CCCO2)c1. The molecule has 0 spiro atoms. The standard InChI is InChI=1S/C24H27N3O4/c28-22(16-7-5-10-18(15-16)26-24(30)21-13-6-14-31-21)27-20-12-4-3-11-19(20)23(29)25-17-8-1-2-9-17/h3-5,7,10-12,15,17,21H,1-2,6,8-9,13-14H2,(H,25,29)(H,26,30)(H,27,28). The van der Waals surface area contributed by atoms with Gasteiger partial charge in [-0.15, -0.1) is 0 Å². The van der Waals surface area contributed by atoms with Crippen LogP contribution in [0.15, 0.2) is 48.5 Å². The van der Waals surface area contributed by atoms with Crippen LogP contribution in [0.2, 0.25) is 0 Å². The lowest BCUT2D eigenvalue weighted by molar-refractivity contribution is -0.124. The molecule has 0 radical (unpaired) electrons. The van der Waals surface area contributed by atoms with Gasteiger partial charge in [0.15, 0.2) is 0 Å². The van der Waals surface area contributed by atoms with E-state index in [9.17, 15) is 14.4 Å². The summed E-state index contributed by atoms with van der Waals surface area (Å²) in [5.41, 5.74) is 1.80. The van der Waals surface area contributed by atoms with E-state index in [2.05, 4.69) is 16.0 Å². The molecule has 1 atom stereocenters. The summed E-state index contributed by atoms with van der Waals surface area (Å²) in [5.74, 6) is -0.737. The predicted octanol–water partition coefficient (Wildman–Crippen LogP) is 3.73. The van der Waals surface area contributed by atoms with Crippen molar-refractivity contribution in [2.75, 3.05) is 17.2 Å². The molecule has 1 unspecified atom stereocenters. The van der Waals surface area contributed by atoms with Crippen molar-refractivity contribution in [3.8, 4) is 0 Å². The van der Waals surface area contributed by atoms with Gasteiger partial charge in [0, 0.05) is 23.9 Å². The van der Waals surface area contributed by atoms with Crippen LogP contribution in [0.1, 0.15) is 59.2 Å². The Bertz CT molecular complexity index is 963. The minimum atomic E-state index is -0.442. The van der Waals surface area contributed by atoms with E-state index in [0.29, 0.717) is 35.5 Å². The fourth-order valence-corrected chi connectivity index (χ4v) is 4.06. The number of carbonyl (C=O) groups is 3. The van der Waals surface area contributed by atoms with E-state index < -0.39 is 6.10 Å². The molecule has 1 saturated heterocycles. The first kappa shape index (κ1) is 21.1. The summed E-state index contributed by atoms with van der Waals surface area (Å²) in [6.45, 7) is 0.592. The van der Waals surface area contributed by atoms with Crippen molar-refractivity contribution in [1.82, 2.24) is 5.32 Å². The van der Waals surface area contributed by atoms with Crippen molar-refractivity contribution in [2.24, 2.45) is 0 Å².